The van der Waals surface area contributed by atoms with Gasteiger partial charge in [-0.1, -0.05) is 42.0 Å². The van der Waals surface area contributed by atoms with Gasteiger partial charge in [0.1, 0.15) is 5.82 Å². The van der Waals surface area contributed by atoms with Crippen molar-refractivity contribution in [3.63, 3.8) is 0 Å². The van der Waals surface area contributed by atoms with Gasteiger partial charge in [0.05, 0.1) is 12.2 Å². The van der Waals surface area contributed by atoms with Crippen molar-refractivity contribution in [3.8, 4) is 11.3 Å². The second-order valence-corrected chi connectivity index (χ2v) is 7.08. The molecule has 4 nitrogen and oxygen atoms in total. The molecule has 0 unspecified atom stereocenters. The van der Waals surface area contributed by atoms with Crippen LogP contribution in [0.15, 0.2) is 48.5 Å². The van der Waals surface area contributed by atoms with E-state index in [9.17, 15) is 9.18 Å². The van der Waals surface area contributed by atoms with E-state index in [0.717, 1.165) is 34.5 Å². The largest absolute Gasteiger partial charge is 0.338 e. The molecule has 3 aromatic rings. The zero-order valence-corrected chi connectivity index (χ0v) is 15.6. The van der Waals surface area contributed by atoms with E-state index in [1.165, 1.54) is 6.07 Å². The topological polar surface area (TPSA) is 38.1 Å². The summed E-state index contributed by atoms with van der Waals surface area (Å²) in [7, 11) is 0. The molecule has 138 valence electrons. The molecule has 0 fully saturated rings. The van der Waals surface area contributed by atoms with Crippen molar-refractivity contribution in [2.75, 3.05) is 6.54 Å². The lowest BCUT2D eigenvalue weighted by atomic mass is 9.99. The van der Waals surface area contributed by atoms with Crippen LogP contribution < -0.4 is 0 Å². The summed E-state index contributed by atoms with van der Waals surface area (Å²) in [6.45, 7) is 5.25. The number of fused-ring (bicyclic) bond motifs is 1. The zero-order valence-electron chi connectivity index (χ0n) is 15.6. The fourth-order valence-electron chi connectivity index (χ4n) is 3.70. The number of carbonyl (C=O) groups is 1. The molecular formula is C22H22FN3O. The minimum atomic E-state index is -0.222. The first-order valence-corrected chi connectivity index (χ1v) is 9.17. The number of hydrogen-bond acceptors (Lipinski definition) is 2. The van der Waals surface area contributed by atoms with Crippen molar-refractivity contribution >= 4 is 5.91 Å². The van der Waals surface area contributed by atoms with Crippen molar-refractivity contribution in [1.82, 2.24) is 14.7 Å². The van der Waals surface area contributed by atoms with E-state index in [1.807, 2.05) is 40.8 Å². The molecule has 5 heteroatoms. The van der Waals surface area contributed by atoms with Crippen molar-refractivity contribution in [2.45, 2.75) is 33.4 Å². The second kappa shape index (κ2) is 6.99. The van der Waals surface area contributed by atoms with Crippen LogP contribution in [0.25, 0.3) is 11.3 Å². The van der Waals surface area contributed by atoms with Crippen LogP contribution >= 0.6 is 0 Å². The van der Waals surface area contributed by atoms with E-state index in [2.05, 4.69) is 6.07 Å². The Labute approximate surface area is 158 Å². The van der Waals surface area contributed by atoms with Crippen molar-refractivity contribution < 1.29 is 9.18 Å². The number of amides is 1. The highest BCUT2D eigenvalue weighted by molar-refractivity contribution is 5.74. The average Bonchev–Trinajstić information content (AvgIpc) is 3.01. The van der Waals surface area contributed by atoms with E-state index in [0.29, 0.717) is 25.2 Å². The van der Waals surface area contributed by atoms with Crippen LogP contribution in [0, 0.1) is 12.7 Å². The average molecular weight is 363 g/mol. The molecular weight excluding hydrogens is 341 g/mol. The van der Waals surface area contributed by atoms with E-state index >= 15 is 0 Å². The quantitative estimate of drug-likeness (QED) is 0.707. The summed E-state index contributed by atoms with van der Waals surface area (Å²) in [6, 6.07) is 15.0. The molecule has 0 saturated carbocycles. The van der Waals surface area contributed by atoms with Crippen molar-refractivity contribution in [1.29, 1.82) is 0 Å². The number of rotatable bonds is 3. The fraction of sp³-hybridized carbons (Fsp3) is 0.273. The molecule has 0 radical (unpaired) electrons. The molecule has 1 aliphatic heterocycles. The normalized spacial score (nSPS) is 13.5. The monoisotopic (exact) mass is 363 g/mol. The van der Waals surface area contributed by atoms with E-state index < -0.39 is 0 Å². The number of aromatic nitrogens is 2. The molecule has 0 atom stereocenters. The lowest BCUT2D eigenvalue weighted by molar-refractivity contribution is -0.129. The Balaban J connectivity index is 1.80. The van der Waals surface area contributed by atoms with Gasteiger partial charge >= 0.3 is 0 Å². The summed E-state index contributed by atoms with van der Waals surface area (Å²) in [6.07, 6.45) is 0.724. The molecule has 0 N–H and O–H groups in total. The van der Waals surface area contributed by atoms with Gasteiger partial charge in [-0.25, -0.2) is 4.39 Å². The van der Waals surface area contributed by atoms with Crippen molar-refractivity contribution in [2.24, 2.45) is 0 Å². The van der Waals surface area contributed by atoms with Crippen LogP contribution in [0.1, 0.15) is 29.3 Å². The molecule has 27 heavy (non-hydrogen) atoms. The molecule has 4 rings (SSSR count). The molecule has 0 spiro atoms. The molecule has 1 aliphatic rings. The maximum atomic E-state index is 14.2. The van der Waals surface area contributed by atoms with Crippen LogP contribution in [0.4, 0.5) is 4.39 Å². The standard InChI is InChI=1S/C22H22FN3O/c1-15-6-5-8-17(12-15)22-19-14-25(16(2)27)11-10-21(19)26(24-22)13-18-7-3-4-9-20(18)23/h3-9,12H,10-11,13-14H2,1-2H3. The van der Waals surface area contributed by atoms with Gasteiger partial charge < -0.3 is 4.90 Å². The second-order valence-electron chi connectivity index (χ2n) is 7.08. The SMILES string of the molecule is CC(=O)N1CCc2c(c(-c3cccc(C)c3)nn2Cc2ccccc2F)C1. The molecule has 2 aromatic carbocycles. The lowest BCUT2D eigenvalue weighted by Gasteiger charge is -2.27. The minimum Gasteiger partial charge on any atom is -0.338 e. The lowest BCUT2D eigenvalue weighted by Crippen LogP contribution is -2.34. The number of hydrogen-bond donors (Lipinski definition) is 0. The van der Waals surface area contributed by atoms with Gasteiger partial charge in [-0.3, -0.25) is 9.48 Å². The summed E-state index contributed by atoms with van der Waals surface area (Å²) in [5, 5.41) is 4.85. The third kappa shape index (κ3) is 3.37. The predicted molar refractivity (Wildman–Crippen MR) is 103 cm³/mol. The summed E-state index contributed by atoms with van der Waals surface area (Å²) in [4.78, 5) is 13.7. The summed E-state index contributed by atoms with van der Waals surface area (Å²) in [5.41, 5.74) is 5.85. The number of halogens is 1. The van der Waals surface area contributed by atoms with Crippen LogP contribution in [0.5, 0.6) is 0 Å². The van der Waals surface area contributed by atoms with Gasteiger partial charge in [0.15, 0.2) is 0 Å². The first-order chi connectivity index (χ1) is 13.0. The van der Waals surface area contributed by atoms with Gasteiger partial charge in [-0.05, 0) is 19.1 Å². The number of nitrogens with zero attached hydrogens (tertiary/aromatic N) is 3. The molecule has 0 bridgehead atoms. The Morgan fingerprint density at radius 3 is 2.74 bits per heavy atom. The van der Waals surface area contributed by atoms with Gasteiger partial charge in [-0.2, -0.15) is 5.10 Å². The Kier molecular flexibility index (Phi) is 4.52. The first-order valence-electron chi connectivity index (χ1n) is 9.17. The predicted octanol–water partition coefficient (Wildman–Crippen LogP) is 3.95. The smallest absolute Gasteiger partial charge is 0.219 e. The number of aryl methyl sites for hydroxylation is 1. The maximum Gasteiger partial charge on any atom is 0.219 e. The Bertz CT molecular complexity index is 1010. The van der Waals surface area contributed by atoms with Crippen LogP contribution in [-0.2, 0) is 24.3 Å². The maximum absolute atomic E-state index is 14.2. The zero-order chi connectivity index (χ0) is 19.0. The summed E-state index contributed by atoms with van der Waals surface area (Å²) in [5.74, 6) is -0.155. The Morgan fingerprint density at radius 1 is 1.19 bits per heavy atom. The molecule has 0 saturated heterocycles. The molecule has 1 aromatic heterocycles. The van der Waals surface area contributed by atoms with Crippen molar-refractivity contribution in [3.05, 3.63) is 76.7 Å². The fourth-order valence-corrected chi connectivity index (χ4v) is 3.70. The van der Waals surface area contributed by atoms with Gasteiger partial charge in [0.25, 0.3) is 0 Å². The minimum absolute atomic E-state index is 0.0673. The van der Waals surface area contributed by atoms with Crippen LogP contribution in [0.2, 0.25) is 0 Å². The molecule has 1 amide bonds. The molecule has 2 heterocycles. The summed E-state index contributed by atoms with van der Waals surface area (Å²) >= 11 is 0. The highest BCUT2D eigenvalue weighted by Gasteiger charge is 2.27. The first kappa shape index (κ1) is 17.5. The van der Waals surface area contributed by atoms with Gasteiger partial charge in [0.2, 0.25) is 5.91 Å². The summed E-state index contributed by atoms with van der Waals surface area (Å²) < 4.78 is 16.1. The van der Waals surface area contributed by atoms with Crippen LogP contribution in [-0.4, -0.2) is 27.1 Å². The van der Waals surface area contributed by atoms with Gasteiger partial charge in [0, 0.05) is 48.8 Å². The molecule has 0 aliphatic carbocycles. The third-order valence-electron chi connectivity index (χ3n) is 5.15. The highest BCUT2D eigenvalue weighted by Crippen LogP contribution is 2.31. The highest BCUT2D eigenvalue weighted by atomic mass is 19.1. The number of carbonyl (C=O) groups excluding carboxylic acids is 1. The van der Waals surface area contributed by atoms with E-state index in [-0.39, 0.29) is 11.7 Å². The van der Waals surface area contributed by atoms with Gasteiger partial charge in [-0.15, -0.1) is 0 Å². The van der Waals surface area contributed by atoms with E-state index in [4.69, 9.17) is 5.10 Å². The Morgan fingerprint density at radius 2 is 2.00 bits per heavy atom. The Hall–Kier alpha value is -2.95. The third-order valence-corrected chi connectivity index (χ3v) is 5.15. The van der Waals surface area contributed by atoms with E-state index in [1.54, 1.807) is 19.1 Å². The van der Waals surface area contributed by atoms with Crippen LogP contribution in [0.3, 0.4) is 0 Å². The number of benzene rings is 2.